The number of hydrogen-bond acceptors (Lipinski definition) is 4. The van der Waals surface area contributed by atoms with E-state index in [1.54, 1.807) is 46.8 Å². The SMILES string of the molecule is CC(C)OP(=O)(CC(C)(O)c1ccccc1)OC(C)C. The van der Waals surface area contributed by atoms with Crippen molar-refractivity contribution in [3.63, 3.8) is 0 Å². The van der Waals surface area contributed by atoms with Crippen molar-refractivity contribution in [1.29, 1.82) is 0 Å². The van der Waals surface area contributed by atoms with Gasteiger partial charge in [-0.1, -0.05) is 30.3 Å². The van der Waals surface area contributed by atoms with Crippen LogP contribution in [0.2, 0.25) is 0 Å². The average molecular weight is 300 g/mol. The van der Waals surface area contributed by atoms with Crippen LogP contribution in [0.1, 0.15) is 40.2 Å². The third-order valence-electron chi connectivity index (χ3n) is 2.64. The van der Waals surface area contributed by atoms with Crippen molar-refractivity contribution in [2.24, 2.45) is 0 Å². The standard InChI is InChI=1S/C15H25O4P/c1-12(2)18-20(17,19-13(3)4)11-15(5,16)14-9-7-6-8-10-14/h6-10,12-13,16H,11H2,1-5H3. The van der Waals surface area contributed by atoms with Crippen LogP contribution in [0, 0.1) is 0 Å². The van der Waals surface area contributed by atoms with Crippen LogP contribution in [0.3, 0.4) is 0 Å². The summed E-state index contributed by atoms with van der Waals surface area (Å²) in [5.41, 5.74) is -0.569. The van der Waals surface area contributed by atoms with E-state index in [-0.39, 0.29) is 18.4 Å². The van der Waals surface area contributed by atoms with Crippen LogP contribution >= 0.6 is 7.60 Å². The molecule has 0 radical (unpaired) electrons. The first-order valence-corrected chi connectivity index (χ1v) is 8.61. The van der Waals surface area contributed by atoms with E-state index in [1.165, 1.54) is 0 Å². The zero-order valence-electron chi connectivity index (χ0n) is 12.9. The van der Waals surface area contributed by atoms with E-state index >= 15 is 0 Å². The zero-order chi connectivity index (χ0) is 15.4. The highest BCUT2D eigenvalue weighted by Gasteiger charge is 2.38. The molecule has 20 heavy (non-hydrogen) atoms. The van der Waals surface area contributed by atoms with Crippen molar-refractivity contribution in [3.05, 3.63) is 35.9 Å². The lowest BCUT2D eigenvalue weighted by Crippen LogP contribution is -2.28. The minimum atomic E-state index is -3.37. The Morgan fingerprint density at radius 3 is 1.95 bits per heavy atom. The van der Waals surface area contributed by atoms with Crippen LogP contribution < -0.4 is 0 Å². The number of hydrogen-bond donors (Lipinski definition) is 1. The third kappa shape index (κ3) is 5.37. The van der Waals surface area contributed by atoms with E-state index < -0.39 is 13.2 Å². The summed E-state index contributed by atoms with van der Waals surface area (Å²) in [6, 6.07) is 9.14. The molecule has 1 rings (SSSR count). The Morgan fingerprint density at radius 2 is 1.55 bits per heavy atom. The summed E-state index contributed by atoms with van der Waals surface area (Å²) in [5, 5.41) is 10.6. The van der Waals surface area contributed by atoms with Gasteiger partial charge in [0.15, 0.2) is 0 Å². The molecule has 114 valence electrons. The summed E-state index contributed by atoms with van der Waals surface area (Å²) < 4.78 is 23.8. The van der Waals surface area contributed by atoms with Crippen molar-refractivity contribution >= 4 is 7.60 Å². The lowest BCUT2D eigenvalue weighted by molar-refractivity contribution is 0.0635. The molecule has 0 bridgehead atoms. The van der Waals surface area contributed by atoms with Gasteiger partial charge in [-0.15, -0.1) is 0 Å². The fourth-order valence-electron chi connectivity index (χ4n) is 2.01. The molecule has 0 heterocycles. The lowest BCUT2D eigenvalue weighted by atomic mass is 9.99. The highest BCUT2D eigenvalue weighted by Crippen LogP contribution is 2.54. The van der Waals surface area contributed by atoms with E-state index in [0.29, 0.717) is 5.56 Å². The van der Waals surface area contributed by atoms with Gasteiger partial charge in [-0.05, 0) is 40.2 Å². The van der Waals surface area contributed by atoms with Crippen molar-refractivity contribution < 1.29 is 18.7 Å². The van der Waals surface area contributed by atoms with Gasteiger partial charge in [0.05, 0.1) is 24.0 Å². The molecule has 0 aliphatic rings. The Balaban J connectivity index is 2.97. The second-order valence-corrected chi connectivity index (χ2v) is 7.68. The third-order valence-corrected chi connectivity index (χ3v) is 5.13. The number of aliphatic hydroxyl groups is 1. The minimum Gasteiger partial charge on any atom is -0.385 e. The molecule has 1 unspecified atom stereocenters. The van der Waals surface area contributed by atoms with Gasteiger partial charge in [-0.3, -0.25) is 4.57 Å². The maximum Gasteiger partial charge on any atom is 0.334 e. The van der Waals surface area contributed by atoms with E-state index in [9.17, 15) is 9.67 Å². The largest absolute Gasteiger partial charge is 0.385 e. The first kappa shape index (κ1) is 17.4. The van der Waals surface area contributed by atoms with Crippen LogP contribution in [0.25, 0.3) is 0 Å². The molecule has 0 aliphatic carbocycles. The highest BCUT2D eigenvalue weighted by molar-refractivity contribution is 7.54. The molecule has 0 saturated heterocycles. The van der Waals surface area contributed by atoms with E-state index in [2.05, 4.69) is 0 Å². The first-order valence-electron chi connectivity index (χ1n) is 6.88. The summed E-state index contributed by atoms with van der Waals surface area (Å²) in [7, 11) is -3.37. The van der Waals surface area contributed by atoms with Crippen molar-refractivity contribution in [1.82, 2.24) is 0 Å². The second kappa shape index (κ2) is 6.86. The van der Waals surface area contributed by atoms with E-state index in [1.807, 2.05) is 18.2 Å². The molecule has 0 spiro atoms. The Morgan fingerprint density at radius 1 is 1.10 bits per heavy atom. The van der Waals surface area contributed by atoms with Gasteiger partial charge in [0, 0.05) is 0 Å². The van der Waals surface area contributed by atoms with Gasteiger partial charge in [0.1, 0.15) is 0 Å². The normalized spacial score (nSPS) is 15.6. The molecular weight excluding hydrogens is 275 g/mol. The number of benzene rings is 1. The molecule has 0 aliphatic heterocycles. The fraction of sp³-hybridized carbons (Fsp3) is 0.600. The fourth-order valence-corrected chi connectivity index (χ4v) is 4.43. The quantitative estimate of drug-likeness (QED) is 0.775. The van der Waals surface area contributed by atoms with Gasteiger partial charge < -0.3 is 14.2 Å². The van der Waals surface area contributed by atoms with Crippen molar-refractivity contribution in [2.75, 3.05) is 6.16 Å². The first-order chi connectivity index (χ1) is 9.15. The predicted molar refractivity (Wildman–Crippen MR) is 80.9 cm³/mol. The van der Waals surface area contributed by atoms with Gasteiger partial charge in [0.25, 0.3) is 0 Å². The van der Waals surface area contributed by atoms with Crippen LogP contribution in [-0.2, 0) is 19.2 Å². The molecule has 1 atom stereocenters. The van der Waals surface area contributed by atoms with Crippen LogP contribution in [0.4, 0.5) is 0 Å². The summed E-state index contributed by atoms with van der Waals surface area (Å²) >= 11 is 0. The zero-order valence-corrected chi connectivity index (χ0v) is 13.8. The van der Waals surface area contributed by atoms with Gasteiger partial charge in [0.2, 0.25) is 0 Å². The Kier molecular flexibility index (Phi) is 5.96. The van der Waals surface area contributed by atoms with Crippen molar-refractivity contribution in [3.8, 4) is 0 Å². The average Bonchev–Trinajstić information content (AvgIpc) is 2.26. The molecule has 0 fully saturated rings. The van der Waals surface area contributed by atoms with E-state index in [0.717, 1.165) is 0 Å². The molecule has 1 aromatic rings. The molecular formula is C15H25O4P. The van der Waals surface area contributed by atoms with Crippen molar-refractivity contribution in [2.45, 2.75) is 52.4 Å². The highest BCUT2D eigenvalue weighted by atomic mass is 31.2. The van der Waals surface area contributed by atoms with E-state index in [4.69, 9.17) is 9.05 Å². The van der Waals surface area contributed by atoms with Gasteiger partial charge in [-0.25, -0.2) is 0 Å². The molecule has 0 aromatic heterocycles. The van der Waals surface area contributed by atoms with Crippen LogP contribution in [-0.4, -0.2) is 23.5 Å². The van der Waals surface area contributed by atoms with Gasteiger partial charge >= 0.3 is 7.60 Å². The Bertz CT molecular complexity index is 440. The Labute approximate surface area is 121 Å². The smallest absolute Gasteiger partial charge is 0.334 e. The van der Waals surface area contributed by atoms with Crippen LogP contribution in [0.5, 0.6) is 0 Å². The molecule has 0 saturated carbocycles. The molecule has 5 heteroatoms. The molecule has 4 nitrogen and oxygen atoms in total. The summed E-state index contributed by atoms with van der Waals surface area (Å²) in [4.78, 5) is 0. The predicted octanol–water partition coefficient (Wildman–Crippen LogP) is 3.94. The van der Waals surface area contributed by atoms with Gasteiger partial charge in [-0.2, -0.15) is 0 Å². The second-order valence-electron chi connectivity index (χ2n) is 5.72. The number of rotatable bonds is 7. The molecule has 1 N–H and O–H groups in total. The molecule has 0 amide bonds. The summed E-state index contributed by atoms with van der Waals surface area (Å²) in [6.45, 7) is 8.82. The molecule has 1 aromatic carbocycles. The maximum atomic E-state index is 12.8. The van der Waals surface area contributed by atoms with Crippen LogP contribution in [0.15, 0.2) is 30.3 Å². The summed E-state index contributed by atoms with van der Waals surface area (Å²) in [5.74, 6) is 0. The summed E-state index contributed by atoms with van der Waals surface area (Å²) in [6.07, 6.45) is -0.530. The Hall–Kier alpha value is -0.670. The maximum absolute atomic E-state index is 12.8. The lowest BCUT2D eigenvalue weighted by Gasteiger charge is -2.30. The monoisotopic (exact) mass is 300 g/mol. The minimum absolute atomic E-state index is 0.0691. The topological polar surface area (TPSA) is 55.8 Å².